The minimum Gasteiger partial charge on any atom is -0.489 e. The van der Waals surface area contributed by atoms with Gasteiger partial charge in [-0.05, 0) is 60.9 Å². The van der Waals surface area contributed by atoms with E-state index in [2.05, 4.69) is 15.3 Å². The Morgan fingerprint density at radius 2 is 2.06 bits per heavy atom. The highest BCUT2D eigenvalue weighted by atomic mass is 35.5. The van der Waals surface area contributed by atoms with E-state index in [4.69, 9.17) is 25.7 Å². The predicted octanol–water partition coefficient (Wildman–Crippen LogP) is 3.80. The van der Waals surface area contributed by atoms with E-state index in [-0.39, 0.29) is 24.3 Å². The lowest BCUT2D eigenvalue weighted by atomic mass is 10.1. The number of thiophene rings is 1. The number of nitrogens with one attached hydrogen (secondary N) is 1. The second-order valence-electron chi connectivity index (χ2n) is 7.97. The zero-order chi connectivity index (χ0) is 24.1. The number of anilines is 1. The van der Waals surface area contributed by atoms with E-state index < -0.39 is 10.3 Å². The summed E-state index contributed by atoms with van der Waals surface area (Å²) in [6.07, 6.45) is 5.14. The third-order valence-corrected chi connectivity index (χ3v) is 7.10. The van der Waals surface area contributed by atoms with E-state index in [1.54, 1.807) is 30.3 Å². The SMILES string of the molecule is NS(=O)(=O)OC[C@@H]1CCC(Nc2ncncc2C(=O)c2cc(COc3ccc(Cl)cc3)cs2)C1. The van der Waals surface area contributed by atoms with Crippen molar-refractivity contribution in [3.8, 4) is 5.75 Å². The number of ketones is 1. The van der Waals surface area contributed by atoms with Crippen molar-refractivity contribution in [2.75, 3.05) is 11.9 Å². The molecule has 2 atom stereocenters. The van der Waals surface area contributed by atoms with Crippen LogP contribution in [0.2, 0.25) is 5.02 Å². The molecular weight excluding hydrogens is 500 g/mol. The minimum atomic E-state index is -3.96. The molecule has 2 heterocycles. The number of halogens is 1. The number of aromatic nitrogens is 2. The Labute approximate surface area is 206 Å². The van der Waals surface area contributed by atoms with Crippen molar-refractivity contribution in [1.82, 2.24) is 9.97 Å². The molecule has 1 unspecified atom stereocenters. The molecule has 3 N–H and O–H groups in total. The summed E-state index contributed by atoms with van der Waals surface area (Å²) in [7, 11) is -3.96. The van der Waals surface area contributed by atoms with Crippen molar-refractivity contribution in [3.05, 3.63) is 69.3 Å². The van der Waals surface area contributed by atoms with Crippen LogP contribution in [0, 0.1) is 5.92 Å². The van der Waals surface area contributed by atoms with Gasteiger partial charge in [0.1, 0.15) is 24.5 Å². The summed E-state index contributed by atoms with van der Waals surface area (Å²) in [6.45, 7) is 0.370. The van der Waals surface area contributed by atoms with Gasteiger partial charge in [-0.1, -0.05) is 11.6 Å². The van der Waals surface area contributed by atoms with Crippen molar-refractivity contribution in [1.29, 1.82) is 0 Å². The van der Waals surface area contributed by atoms with Gasteiger partial charge >= 0.3 is 10.3 Å². The first-order valence-electron chi connectivity index (χ1n) is 10.5. The zero-order valence-corrected chi connectivity index (χ0v) is 20.4. The molecule has 3 aromatic rings. The second kappa shape index (κ2) is 10.8. The van der Waals surface area contributed by atoms with Crippen LogP contribution in [0.5, 0.6) is 5.75 Å². The van der Waals surface area contributed by atoms with Gasteiger partial charge < -0.3 is 10.1 Å². The predicted molar refractivity (Wildman–Crippen MR) is 129 cm³/mol. The molecule has 1 saturated carbocycles. The molecule has 4 rings (SSSR count). The highest BCUT2D eigenvalue weighted by Gasteiger charge is 2.28. The van der Waals surface area contributed by atoms with Gasteiger partial charge in [-0.2, -0.15) is 8.42 Å². The maximum Gasteiger partial charge on any atom is 0.333 e. The van der Waals surface area contributed by atoms with Gasteiger partial charge in [-0.15, -0.1) is 11.3 Å². The molecule has 9 nitrogen and oxygen atoms in total. The molecule has 0 spiro atoms. The molecular formula is C22H23ClN4O5S2. The number of ether oxygens (including phenoxy) is 1. The van der Waals surface area contributed by atoms with Crippen LogP contribution in [0.15, 0.2) is 48.2 Å². The fraction of sp³-hybridized carbons (Fsp3) is 0.318. The van der Waals surface area contributed by atoms with Gasteiger partial charge in [0.2, 0.25) is 5.78 Å². The van der Waals surface area contributed by atoms with Crippen molar-refractivity contribution in [3.63, 3.8) is 0 Å². The Kier molecular flexibility index (Phi) is 7.79. The van der Waals surface area contributed by atoms with Crippen molar-refractivity contribution < 1.29 is 22.1 Å². The van der Waals surface area contributed by atoms with Crippen LogP contribution in [-0.2, 0) is 21.1 Å². The highest BCUT2D eigenvalue weighted by Crippen LogP contribution is 2.30. The number of nitrogens with zero attached hydrogens (tertiary/aromatic N) is 2. The van der Waals surface area contributed by atoms with Crippen LogP contribution in [0.25, 0.3) is 0 Å². The van der Waals surface area contributed by atoms with E-state index >= 15 is 0 Å². The highest BCUT2D eigenvalue weighted by molar-refractivity contribution is 7.84. The Morgan fingerprint density at radius 1 is 1.26 bits per heavy atom. The van der Waals surface area contributed by atoms with Crippen molar-refractivity contribution in [2.24, 2.45) is 11.1 Å². The molecule has 0 saturated heterocycles. The van der Waals surface area contributed by atoms with E-state index in [1.807, 2.05) is 5.38 Å². The molecule has 12 heteroatoms. The standard InChI is InChI=1S/C22H23ClN4O5S2/c23-16-2-5-18(6-3-16)31-10-15-8-20(33-12-15)21(28)19-9-25-13-26-22(19)27-17-4-1-14(7-17)11-32-34(24,29)30/h2-3,5-6,8-9,12-14,17H,1,4,7,10-11H2,(H2,24,29,30)(H,25,26,27)/t14-,17?/m1/s1. The maximum atomic E-state index is 13.2. The first-order chi connectivity index (χ1) is 16.3. The number of hydrogen-bond donors (Lipinski definition) is 2. The molecule has 0 radical (unpaired) electrons. The Balaban J connectivity index is 1.38. The second-order valence-corrected chi connectivity index (χ2v) is 10.5. The summed E-state index contributed by atoms with van der Waals surface area (Å²) >= 11 is 7.22. The average Bonchev–Trinajstić information content (AvgIpc) is 3.46. The molecule has 1 aliphatic carbocycles. The number of nitrogens with two attached hydrogens (primary N) is 1. The molecule has 34 heavy (non-hydrogen) atoms. The number of carbonyl (C=O) groups excluding carboxylic acids is 1. The van der Waals surface area contributed by atoms with Crippen molar-refractivity contribution >= 4 is 44.8 Å². The van der Waals surface area contributed by atoms with Gasteiger partial charge in [0.05, 0.1) is 17.0 Å². The summed E-state index contributed by atoms with van der Waals surface area (Å²) in [4.78, 5) is 22.0. The molecule has 1 fully saturated rings. The molecule has 0 amide bonds. The Morgan fingerprint density at radius 3 is 2.82 bits per heavy atom. The van der Waals surface area contributed by atoms with E-state index in [1.165, 1.54) is 23.9 Å². The topological polar surface area (TPSA) is 134 Å². The molecule has 1 aromatic carbocycles. The van der Waals surface area contributed by atoms with Crippen LogP contribution < -0.4 is 15.2 Å². The fourth-order valence-electron chi connectivity index (χ4n) is 3.75. The summed E-state index contributed by atoms with van der Waals surface area (Å²) in [5, 5.41) is 10.7. The van der Waals surface area contributed by atoms with Crippen LogP contribution in [0.4, 0.5) is 5.82 Å². The summed E-state index contributed by atoms with van der Waals surface area (Å²) in [5.41, 5.74) is 1.25. The fourth-order valence-corrected chi connectivity index (χ4v) is 5.11. The smallest absolute Gasteiger partial charge is 0.333 e. The molecule has 1 aliphatic rings. The summed E-state index contributed by atoms with van der Waals surface area (Å²) in [5.74, 6) is 1.01. The molecule has 2 aromatic heterocycles. The van der Waals surface area contributed by atoms with E-state index in [9.17, 15) is 13.2 Å². The minimum absolute atomic E-state index is 0.0298. The van der Waals surface area contributed by atoms with Gasteiger partial charge in [0.15, 0.2) is 0 Å². The quantitative estimate of drug-likeness (QED) is 0.384. The first kappa shape index (κ1) is 24.6. The lowest BCUT2D eigenvalue weighted by Crippen LogP contribution is -2.22. The number of benzene rings is 1. The van der Waals surface area contributed by atoms with Crippen LogP contribution in [0.3, 0.4) is 0 Å². The van der Waals surface area contributed by atoms with Gasteiger partial charge in [-0.3, -0.25) is 8.98 Å². The van der Waals surface area contributed by atoms with E-state index in [0.29, 0.717) is 40.1 Å². The molecule has 180 valence electrons. The van der Waals surface area contributed by atoms with Crippen LogP contribution in [0.1, 0.15) is 40.1 Å². The van der Waals surface area contributed by atoms with Crippen LogP contribution in [-0.4, -0.2) is 36.8 Å². The van der Waals surface area contributed by atoms with Crippen LogP contribution >= 0.6 is 22.9 Å². The average molecular weight is 523 g/mol. The number of rotatable bonds is 10. The monoisotopic (exact) mass is 522 g/mol. The molecule has 0 bridgehead atoms. The molecule has 0 aliphatic heterocycles. The lowest BCUT2D eigenvalue weighted by Gasteiger charge is -2.15. The maximum absolute atomic E-state index is 13.2. The summed E-state index contributed by atoms with van der Waals surface area (Å²) < 4.78 is 32.5. The van der Waals surface area contributed by atoms with E-state index in [0.717, 1.165) is 18.4 Å². The largest absolute Gasteiger partial charge is 0.489 e. The lowest BCUT2D eigenvalue weighted by molar-refractivity contribution is 0.104. The summed E-state index contributed by atoms with van der Waals surface area (Å²) in [6, 6.07) is 8.91. The third-order valence-electron chi connectivity index (χ3n) is 5.40. The van der Waals surface area contributed by atoms with Gasteiger partial charge in [0.25, 0.3) is 0 Å². The van der Waals surface area contributed by atoms with Gasteiger partial charge in [0, 0.05) is 22.8 Å². The Bertz CT molecular complexity index is 1250. The first-order valence-corrected chi connectivity index (χ1v) is 13.2. The zero-order valence-electron chi connectivity index (χ0n) is 18.0. The normalized spacial score (nSPS) is 18.1. The van der Waals surface area contributed by atoms with Gasteiger partial charge in [-0.25, -0.2) is 15.1 Å². The Hall–Kier alpha value is -2.57. The van der Waals surface area contributed by atoms with Crippen molar-refractivity contribution in [2.45, 2.75) is 31.9 Å². The number of hydrogen-bond acceptors (Lipinski definition) is 9. The number of carbonyl (C=O) groups is 1. The third kappa shape index (κ3) is 6.73.